The maximum absolute atomic E-state index is 13.0. The van der Waals surface area contributed by atoms with Gasteiger partial charge in [0.05, 0.1) is 15.2 Å². The largest absolute Gasteiger partial charge is 0.485 e. The van der Waals surface area contributed by atoms with Gasteiger partial charge >= 0.3 is 0 Å². The second-order valence-electron chi connectivity index (χ2n) is 7.01. The van der Waals surface area contributed by atoms with Crippen LogP contribution in [0.15, 0.2) is 48.5 Å². The summed E-state index contributed by atoms with van der Waals surface area (Å²) in [4.78, 5) is 19.7. The molecule has 0 saturated carbocycles. The van der Waals surface area contributed by atoms with E-state index in [1.54, 1.807) is 11.3 Å². The monoisotopic (exact) mass is 380 g/mol. The van der Waals surface area contributed by atoms with E-state index in [9.17, 15) is 4.79 Å². The van der Waals surface area contributed by atoms with Gasteiger partial charge in [-0.3, -0.25) is 4.79 Å². The molecule has 27 heavy (non-hydrogen) atoms. The van der Waals surface area contributed by atoms with Crippen molar-refractivity contribution < 1.29 is 14.3 Å². The van der Waals surface area contributed by atoms with Gasteiger partial charge in [-0.2, -0.15) is 0 Å². The van der Waals surface area contributed by atoms with Crippen molar-refractivity contribution in [3.8, 4) is 11.5 Å². The molecule has 0 radical (unpaired) electrons. The maximum Gasteiger partial charge on any atom is 0.267 e. The molecular weight excluding hydrogens is 360 g/mol. The zero-order chi connectivity index (χ0) is 18.2. The number of ether oxygens (including phenoxy) is 2. The van der Waals surface area contributed by atoms with E-state index in [0.29, 0.717) is 18.0 Å². The number of amides is 1. The lowest BCUT2D eigenvalue weighted by Gasteiger charge is -2.35. The topological polar surface area (TPSA) is 51.7 Å². The fourth-order valence-electron chi connectivity index (χ4n) is 3.79. The second kappa shape index (κ2) is 6.85. The van der Waals surface area contributed by atoms with Crippen molar-refractivity contribution in [1.29, 1.82) is 0 Å². The smallest absolute Gasteiger partial charge is 0.267 e. The minimum Gasteiger partial charge on any atom is -0.485 e. The summed E-state index contributed by atoms with van der Waals surface area (Å²) in [5.74, 6) is 1.64. The lowest BCUT2D eigenvalue weighted by Crippen LogP contribution is -2.49. The Balaban J connectivity index is 1.31. The minimum absolute atomic E-state index is 0.00955. The average Bonchev–Trinajstić information content (AvgIpc) is 3.17. The molecule has 0 N–H and O–H groups in total. The number of carbonyl (C=O) groups excluding carboxylic acids is 1. The fraction of sp³-hybridized carbons (Fsp3) is 0.333. The van der Waals surface area contributed by atoms with Crippen LogP contribution in [0.1, 0.15) is 23.8 Å². The van der Waals surface area contributed by atoms with Crippen LogP contribution >= 0.6 is 11.3 Å². The number of carbonyl (C=O) groups is 1. The molecule has 5 rings (SSSR count). The van der Waals surface area contributed by atoms with E-state index in [0.717, 1.165) is 29.9 Å². The van der Waals surface area contributed by atoms with E-state index >= 15 is 0 Å². The van der Waals surface area contributed by atoms with Crippen molar-refractivity contribution in [3.63, 3.8) is 0 Å². The van der Waals surface area contributed by atoms with Crippen molar-refractivity contribution >= 4 is 27.5 Å². The lowest BCUT2D eigenvalue weighted by molar-refractivity contribution is -0.142. The number of nitrogens with zero attached hydrogens (tertiary/aromatic N) is 2. The SMILES string of the molecule is O=C([C@@H]1COc2ccccc2O1)N1CCC[C@H](c2nc3ccccc3s2)C1. The van der Waals surface area contributed by atoms with Gasteiger partial charge in [-0.25, -0.2) is 4.98 Å². The normalized spacial score (nSPS) is 22.0. The van der Waals surface area contributed by atoms with Gasteiger partial charge in [0.1, 0.15) is 6.61 Å². The molecule has 2 aliphatic heterocycles. The first-order chi connectivity index (χ1) is 13.3. The number of thiazole rings is 1. The van der Waals surface area contributed by atoms with E-state index in [4.69, 9.17) is 14.5 Å². The van der Waals surface area contributed by atoms with Crippen LogP contribution in [-0.2, 0) is 4.79 Å². The minimum atomic E-state index is -0.575. The maximum atomic E-state index is 13.0. The molecule has 2 aliphatic rings. The molecule has 6 heteroatoms. The van der Waals surface area contributed by atoms with Gasteiger partial charge in [-0.05, 0) is 37.1 Å². The van der Waals surface area contributed by atoms with E-state index in [2.05, 4.69) is 6.07 Å². The molecule has 1 aromatic heterocycles. The number of hydrogen-bond acceptors (Lipinski definition) is 5. The molecule has 2 atom stereocenters. The number of hydrogen-bond donors (Lipinski definition) is 0. The van der Waals surface area contributed by atoms with Gasteiger partial charge in [0.2, 0.25) is 6.10 Å². The summed E-state index contributed by atoms with van der Waals surface area (Å²) in [7, 11) is 0. The van der Waals surface area contributed by atoms with Gasteiger partial charge in [-0.1, -0.05) is 24.3 Å². The Hall–Kier alpha value is -2.60. The second-order valence-corrected chi connectivity index (χ2v) is 8.07. The number of fused-ring (bicyclic) bond motifs is 2. The molecule has 3 heterocycles. The number of benzene rings is 2. The van der Waals surface area contributed by atoms with Crippen molar-refractivity contribution in [1.82, 2.24) is 9.88 Å². The number of piperidine rings is 1. The lowest BCUT2D eigenvalue weighted by atomic mass is 9.98. The van der Waals surface area contributed by atoms with Crippen LogP contribution in [0.4, 0.5) is 0 Å². The molecule has 2 aromatic carbocycles. The zero-order valence-corrected chi connectivity index (χ0v) is 15.7. The predicted molar refractivity (Wildman–Crippen MR) is 105 cm³/mol. The van der Waals surface area contributed by atoms with Crippen molar-refractivity contribution in [2.24, 2.45) is 0 Å². The summed E-state index contributed by atoms with van der Waals surface area (Å²) in [6, 6.07) is 15.7. The number of rotatable bonds is 2. The highest BCUT2D eigenvalue weighted by Crippen LogP contribution is 2.34. The van der Waals surface area contributed by atoms with E-state index in [1.165, 1.54) is 4.70 Å². The van der Waals surface area contributed by atoms with Crippen LogP contribution in [-0.4, -0.2) is 41.6 Å². The van der Waals surface area contributed by atoms with Gasteiger partial charge in [0, 0.05) is 19.0 Å². The third-order valence-electron chi connectivity index (χ3n) is 5.18. The summed E-state index contributed by atoms with van der Waals surface area (Å²) in [6.45, 7) is 1.72. The molecule has 3 aromatic rings. The fourth-order valence-corrected chi connectivity index (χ4v) is 4.88. The van der Waals surface area contributed by atoms with Gasteiger partial charge in [0.15, 0.2) is 11.5 Å². The van der Waals surface area contributed by atoms with Crippen LogP contribution in [0, 0.1) is 0 Å². The summed E-state index contributed by atoms with van der Waals surface area (Å²) in [5, 5.41) is 1.12. The van der Waals surface area contributed by atoms with E-state index in [-0.39, 0.29) is 18.4 Å². The van der Waals surface area contributed by atoms with Crippen molar-refractivity contribution in [2.75, 3.05) is 19.7 Å². The van der Waals surface area contributed by atoms with Crippen molar-refractivity contribution in [3.05, 3.63) is 53.5 Å². The standard InChI is InChI=1S/C21H20N2O3S/c24-21(18-13-25-16-8-2-3-9-17(16)26-18)23-11-5-6-14(12-23)20-22-15-7-1-4-10-19(15)27-20/h1-4,7-10,14,18H,5-6,11-13H2/t14-,18-/m0/s1. The summed E-state index contributed by atoms with van der Waals surface area (Å²) >= 11 is 1.74. The van der Waals surface area contributed by atoms with Gasteiger partial charge in [0.25, 0.3) is 5.91 Å². The first-order valence-electron chi connectivity index (χ1n) is 9.31. The average molecular weight is 380 g/mol. The number of aromatic nitrogens is 1. The first-order valence-corrected chi connectivity index (χ1v) is 10.1. The number of para-hydroxylation sites is 3. The Kier molecular flexibility index (Phi) is 4.20. The third-order valence-corrected chi connectivity index (χ3v) is 6.38. The molecule has 5 nitrogen and oxygen atoms in total. The molecule has 0 aliphatic carbocycles. The molecule has 1 saturated heterocycles. The Morgan fingerprint density at radius 3 is 2.81 bits per heavy atom. The highest BCUT2D eigenvalue weighted by Gasteiger charge is 2.34. The molecule has 1 amide bonds. The van der Waals surface area contributed by atoms with Crippen LogP contribution in [0.3, 0.4) is 0 Å². The molecule has 0 spiro atoms. The molecule has 0 unspecified atom stereocenters. The van der Waals surface area contributed by atoms with Gasteiger partial charge in [-0.15, -0.1) is 11.3 Å². The Labute approximate surface area is 161 Å². The van der Waals surface area contributed by atoms with Crippen molar-refractivity contribution in [2.45, 2.75) is 24.9 Å². The Morgan fingerprint density at radius 2 is 1.93 bits per heavy atom. The molecule has 0 bridgehead atoms. The summed E-state index contributed by atoms with van der Waals surface area (Å²) < 4.78 is 12.8. The van der Waals surface area contributed by atoms with Crippen LogP contribution in [0.2, 0.25) is 0 Å². The quantitative estimate of drug-likeness (QED) is 0.678. The first kappa shape index (κ1) is 16.6. The molecule has 138 valence electrons. The van der Waals surface area contributed by atoms with Crippen LogP contribution in [0.25, 0.3) is 10.2 Å². The Morgan fingerprint density at radius 1 is 1.11 bits per heavy atom. The van der Waals surface area contributed by atoms with Crippen LogP contribution < -0.4 is 9.47 Å². The molecular formula is C21H20N2O3S. The van der Waals surface area contributed by atoms with Crippen LogP contribution in [0.5, 0.6) is 11.5 Å². The molecule has 1 fully saturated rings. The van der Waals surface area contributed by atoms with Gasteiger partial charge < -0.3 is 14.4 Å². The highest BCUT2D eigenvalue weighted by atomic mass is 32.1. The summed E-state index contributed by atoms with van der Waals surface area (Å²) in [6.07, 6.45) is 1.47. The highest BCUT2D eigenvalue weighted by molar-refractivity contribution is 7.18. The summed E-state index contributed by atoms with van der Waals surface area (Å²) in [5.41, 5.74) is 1.04. The third kappa shape index (κ3) is 3.14. The predicted octanol–water partition coefficient (Wildman–Crippen LogP) is 3.84. The Bertz CT molecular complexity index is 953. The zero-order valence-electron chi connectivity index (χ0n) is 14.8. The van der Waals surface area contributed by atoms with E-state index < -0.39 is 6.10 Å². The van der Waals surface area contributed by atoms with E-state index in [1.807, 2.05) is 47.4 Å². The number of likely N-dealkylation sites (tertiary alicyclic amines) is 1.